The molecule has 17 heavy (non-hydrogen) atoms. The highest BCUT2D eigenvalue weighted by Gasteiger charge is 2.21. The number of rotatable bonds is 6. The van der Waals surface area contributed by atoms with Crippen molar-refractivity contribution in [2.45, 2.75) is 19.4 Å². The first-order valence-electron chi connectivity index (χ1n) is 5.85. The number of benzene rings is 1. The maximum atomic E-state index is 11.5. The highest BCUT2D eigenvalue weighted by Crippen LogP contribution is 2.28. The molecule has 1 aromatic carbocycles. The van der Waals surface area contributed by atoms with Gasteiger partial charge in [0.1, 0.15) is 6.61 Å². The van der Waals surface area contributed by atoms with Crippen molar-refractivity contribution in [3.8, 4) is 0 Å². The van der Waals surface area contributed by atoms with Crippen LogP contribution < -0.4 is 5.32 Å². The Morgan fingerprint density at radius 1 is 1.47 bits per heavy atom. The van der Waals surface area contributed by atoms with Crippen LogP contribution in [0.2, 0.25) is 0 Å². The van der Waals surface area contributed by atoms with Crippen LogP contribution >= 0.6 is 0 Å². The predicted octanol–water partition coefficient (Wildman–Crippen LogP) is 1.54. The smallest absolute Gasteiger partial charge is 0.250 e. The zero-order valence-electron chi connectivity index (χ0n) is 9.69. The number of anilines is 1. The molecule has 2 rings (SSSR count). The van der Waals surface area contributed by atoms with E-state index in [1.807, 2.05) is 0 Å². The molecule has 1 aliphatic carbocycles. The van der Waals surface area contributed by atoms with Crippen LogP contribution in [0.5, 0.6) is 0 Å². The lowest BCUT2D eigenvalue weighted by atomic mass is 10.2. The second-order valence-electron chi connectivity index (χ2n) is 4.37. The second kappa shape index (κ2) is 5.80. The van der Waals surface area contributed by atoms with Gasteiger partial charge in [-0.1, -0.05) is 12.1 Å². The van der Waals surface area contributed by atoms with Gasteiger partial charge in [0.15, 0.2) is 0 Å². The molecule has 1 saturated carbocycles. The van der Waals surface area contributed by atoms with Crippen molar-refractivity contribution < 1.29 is 14.6 Å². The summed E-state index contributed by atoms with van der Waals surface area (Å²) in [6, 6.07) is 7.14. The van der Waals surface area contributed by atoms with Crippen molar-refractivity contribution >= 4 is 11.6 Å². The van der Waals surface area contributed by atoms with Gasteiger partial charge in [0.05, 0.1) is 13.2 Å². The Labute approximate surface area is 101 Å². The average Bonchev–Trinajstić information content (AvgIpc) is 3.13. The van der Waals surface area contributed by atoms with E-state index in [0.29, 0.717) is 18.2 Å². The molecule has 0 aliphatic heterocycles. The molecule has 4 heteroatoms. The Morgan fingerprint density at radius 3 is 3.00 bits per heavy atom. The molecule has 0 heterocycles. The molecule has 0 bridgehead atoms. The van der Waals surface area contributed by atoms with E-state index in [1.54, 1.807) is 24.3 Å². The van der Waals surface area contributed by atoms with Crippen LogP contribution in [0, 0.1) is 5.92 Å². The van der Waals surface area contributed by atoms with Crippen molar-refractivity contribution in [1.29, 1.82) is 0 Å². The van der Waals surface area contributed by atoms with Crippen molar-refractivity contribution in [2.24, 2.45) is 5.92 Å². The normalized spacial score (nSPS) is 14.6. The van der Waals surface area contributed by atoms with Crippen molar-refractivity contribution in [3.63, 3.8) is 0 Å². The molecule has 4 nitrogen and oxygen atoms in total. The van der Waals surface area contributed by atoms with E-state index in [0.717, 1.165) is 5.56 Å². The topological polar surface area (TPSA) is 58.6 Å². The first-order chi connectivity index (χ1) is 8.28. The number of carbonyl (C=O) groups is 1. The van der Waals surface area contributed by atoms with Gasteiger partial charge in [0, 0.05) is 5.69 Å². The Hall–Kier alpha value is -1.39. The Balaban J connectivity index is 1.75. The number of hydrogen-bond acceptors (Lipinski definition) is 3. The number of carbonyl (C=O) groups excluding carboxylic acids is 1. The predicted molar refractivity (Wildman–Crippen MR) is 64.5 cm³/mol. The molecule has 2 N–H and O–H groups in total. The quantitative estimate of drug-likeness (QED) is 0.786. The molecule has 92 valence electrons. The molecular formula is C13H17NO3. The van der Waals surface area contributed by atoms with Crippen LogP contribution in [0.4, 0.5) is 5.69 Å². The summed E-state index contributed by atoms with van der Waals surface area (Å²) in [7, 11) is 0. The summed E-state index contributed by atoms with van der Waals surface area (Å²) in [6.45, 7) is 0.756. The molecule has 0 aromatic heterocycles. The third kappa shape index (κ3) is 4.17. The lowest BCUT2D eigenvalue weighted by Gasteiger charge is -2.07. The van der Waals surface area contributed by atoms with E-state index in [9.17, 15) is 4.79 Å². The minimum absolute atomic E-state index is 0.0259. The standard InChI is InChI=1S/C13H17NO3/c15-7-11-2-1-3-12(6-11)14-13(16)9-17-8-10-4-5-10/h1-3,6,10,15H,4-5,7-9H2,(H,14,16). The van der Waals surface area contributed by atoms with E-state index in [-0.39, 0.29) is 19.1 Å². The van der Waals surface area contributed by atoms with Crippen LogP contribution in [0.1, 0.15) is 18.4 Å². The summed E-state index contributed by atoms with van der Waals surface area (Å²) in [5, 5.41) is 11.7. The van der Waals surface area contributed by atoms with Crippen LogP contribution in [0.25, 0.3) is 0 Å². The fraction of sp³-hybridized carbons (Fsp3) is 0.462. The fourth-order valence-corrected chi connectivity index (χ4v) is 1.55. The van der Waals surface area contributed by atoms with E-state index in [1.165, 1.54) is 12.8 Å². The number of hydrogen-bond donors (Lipinski definition) is 2. The van der Waals surface area contributed by atoms with Gasteiger partial charge in [-0.3, -0.25) is 4.79 Å². The summed E-state index contributed by atoms with van der Waals surface area (Å²) in [6.07, 6.45) is 2.44. The molecule has 0 atom stereocenters. The van der Waals surface area contributed by atoms with Gasteiger partial charge in [0.2, 0.25) is 5.91 Å². The molecule has 1 fully saturated rings. The van der Waals surface area contributed by atoms with Crippen LogP contribution in [0.15, 0.2) is 24.3 Å². The monoisotopic (exact) mass is 235 g/mol. The van der Waals surface area contributed by atoms with E-state index >= 15 is 0 Å². The molecule has 0 saturated heterocycles. The number of amides is 1. The maximum Gasteiger partial charge on any atom is 0.250 e. The summed E-state index contributed by atoms with van der Waals surface area (Å²) >= 11 is 0. The third-order valence-corrected chi connectivity index (χ3v) is 2.68. The van der Waals surface area contributed by atoms with Gasteiger partial charge < -0.3 is 15.2 Å². The molecule has 0 spiro atoms. The van der Waals surface area contributed by atoms with Crippen molar-refractivity contribution in [3.05, 3.63) is 29.8 Å². The summed E-state index contributed by atoms with van der Waals surface area (Å²) in [5.74, 6) is 0.515. The van der Waals surface area contributed by atoms with Crippen molar-refractivity contribution in [1.82, 2.24) is 0 Å². The highest BCUT2D eigenvalue weighted by atomic mass is 16.5. The SMILES string of the molecule is O=C(COCC1CC1)Nc1cccc(CO)c1. The van der Waals surface area contributed by atoms with Crippen LogP contribution in [0.3, 0.4) is 0 Å². The summed E-state index contributed by atoms with van der Waals surface area (Å²) in [4.78, 5) is 11.5. The number of aliphatic hydroxyl groups excluding tert-OH is 1. The molecule has 0 unspecified atom stereocenters. The van der Waals surface area contributed by atoms with Gasteiger partial charge >= 0.3 is 0 Å². The van der Waals surface area contributed by atoms with E-state index in [2.05, 4.69) is 5.32 Å². The van der Waals surface area contributed by atoms with Gasteiger partial charge in [-0.05, 0) is 36.5 Å². The third-order valence-electron chi connectivity index (χ3n) is 2.68. The molecule has 1 amide bonds. The van der Waals surface area contributed by atoms with Crippen molar-refractivity contribution in [2.75, 3.05) is 18.5 Å². The number of aliphatic hydroxyl groups is 1. The molecule has 0 radical (unpaired) electrons. The van der Waals surface area contributed by atoms with Crippen LogP contribution in [-0.2, 0) is 16.1 Å². The Morgan fingerprint density at radius 2 is 2.29 bits per heavy atom. The van der Waals surface area contributed by atoms with Gasteiger partial charge in [-0.15, -0.1) is 0 Å². The number of ether oxygens (including phenoxy) is 1. The zero-order valence-corrected chi connectivity index (χ0v) is 9.69. The van der Waals surface area contributed by atoms with Gasteiger partial charge in [0.25, 0.3) is 0 Å². The minimum atomic E-state index is -0.152. The Bertz CT molecular complexity index is 388. The Kier molecular flexibility index (Phi) is 4.12. The number of nitrogens with one attached hydrogen (secondary N) is 1. The van der Waals surface area contributed by atoms with Gasteiger partial charge in [-0.2, -0.15) is 0 Å². The lowest BCUT2D eigenvalue weighted by molar-refractivity contribution is -0.120. The molecule has 1 aliphatic rings. The van der Waals surface area contributed by atoms with Gasteiger partial charge in [-0.25, -0.2) is 0 Å². The lowest BCUT2D eigenvalue weighted by Crippen LogP contribution is -2.19. The van der Waals surface area contributed by atoms with E-state index < -0.39 is 0 Å². The zero-order chi connectivity index (χ0) is 12.1. The van der Waals surface area contributed by atoms with E-state index in [4.69, 9.17) is 9.84 Å². The molecular weight excluding hydrogens is 218 g/mol. The molecule has 1 aromatic rings. The second-order valence-corrected chi connectivity index (χ2v) is 4.37. The minimum Gasteiger partial charge on any atom is -0.392 e. The van der Waals surface area contributed by atoms with Crippen LogP contribution in [-0.4, -0.2) is 24.2 Å². The summed E-state index contributed by atoms with van der Waals surface area (Å²) in [5.41, 5.74) is 1.47. The maximum absolute atomic E-state index is 11.5. The highest BCUT2D eigenvalue weighted by molar-refractivity contribution is 5.91. The largest absolute Gasteiger partial charge is 0.392 e. The first-order valence-corrected chi connectivity index (χ1v) is 5.85. The first kappa shape index (κ1) is 12.1. The fourth-order valence-electron chi connectivity index (χ4n) is 1.55. The average molecular weight is 235 g/mol. The summed E-state index contributed by atoms with van der Waals surface area (Å²) < 4.78 is 5.29.